The Kier molecular flexibility index (Phi) is 5.93. The average Bonchev–Trinajstić information content (AvgIpc) is 2.53. The van der Waals surface area contributed by atoms with E-state index in [1.165, 1.54) is 17.9 Å². The second-order valence-corrected chi connectivity index (χ2v) is 5.83. The summed E-state index contributed by atoms with van der Waals surface area (Å²) in [4.78, 5) is 25.3. The summed E-state index contributed by atoms with van der Waals surface area (Å²) in [6.07, 6.45) is 0. The zero-order valence-corrected chi connectivity index (χ0v) is 14.2. The van der Waals surface area contributed by atoms with E-state index in [4.69, 9.17) is 11.6 Å². The molecule has 0 saturated carbocycles. The van der Waals surface area contributed by atoms with E-state index in [0.29, 0.717) is 16.3 Å². The Bertz CT molecular complexity index is 764. The Labute approximate surface area is 145 Å². The van der Waals surface area contributed by atoms with E-state index in [1.807, 2.05) is 0 Å². The number of rotatable bonds is 5. The topological polar surface area (TPSA) is 49.4 Å². The third-order valence-corrected chi connectivity index (χ3v) is 4.05. The molecule has 4 nitrogen and oxygen atoms in total. The molecule has 0 radical (unpaired) electrons. The van der Waals surface area contributed by atoms with Crippen molar-refractivity contribution < 1.29 is 14.0 Å². The summed E-state index contributed by atoms with van der Waals surface area (Å²) in [5, 5.41) is 3.27. The molecule has 2 amide bonds. The lowest BCUT2D eigenvalue weighted by molar-refractivity contribution is -0.133. The van der Waals surface area contributed by atoms with Crippen LogP contribution in [0.5, 0.6) is 0 Å². The Morgan fingerprint density at radius 3 is 2.54 bits per heavy atom. The molecule has 6 heteroatoms. The highest BCUT2D eigenvalue weighted by molar-refractivity contribution is 6.31. The van der Waals surface area contributed by atoms with Crippen molar-refractivity contribution in [1.29, 1.82) is 0 Å². The molecule has 126 valence electrons. The number of halogens is 2. The molecule has 0 aromatic heterocycles. The van der Waals surface area contributed by atoms with Gasteiger partial charge in [0.15, 0.2) is 0 Å². The van der Waals surface area contributed by atoms with Crippen LogP contribution in [0.4, 0.5) is 10.1 Å². The molecule has 0 fully saturated rings. The van der Waals surface area contributed by atoms with E-state index in [-0.39, 0.29) is 24.9 Å². The number of hydrogen-bond acceptors (Lipinski definition) is 2. The normalized spacial score (nSPS) is 10.3. The van der Waals surface area contributed by atoms with Crippen LogP contribution in [0, 0.1) is 12.7 Å². The highest BCUT2D eigenvalue weighted by Crippen LogP contribution is 2.22. The molecule has 0 atom stereocenters. The third-order valence-electron chi connectivity index (χ3n) is 3.64. The molecule has 1 N–H and O–H groups in total. The SMILES string of the molecule is CC(=O)N(CC(=O)Nc1cccc(Cl)c1C)Cc1ccccc1F. The summed E-state index contributed by atoms with van der Waals surface area (Å²) in [6.45, 7) is 3.00. The van der Waals surface area contributed by atoms with Crippen LogP contribution in [0.15, 0.2) is 42.5 Å². The van der Waals surface area contributed by atoms with Gasteiger partial charge in [-0.05, 0) is 30.7 Å². The van der Waals surface area contributed by atoms with Gasteiger partial charge in [0.25, 0.3) is 0 Å². The lowest BCUT2D eigenvalue weighted by Crippen LogP contribution is -2.36. The van der Waals surface area contributed by atoms with Crippen LogP contribution >= 0.6 is 11.6 Å². The standard InChI is InChI=1S/C18H18ClFN2O2/c1-12-15(19)7-5-9-17(12)21-18(24)11-22(13(2)23)10-14-6-3-4-8-16(14)20/h3-9H,10-11H2,1-2H3,(H,21,24). The molecular weight excluding hydrogens is 331 g/mol. The van der Waals surface area contributed by atoms with Crippen LogP contribution in [0.25, 0.3) is 0 Å². The highest BCUT2D eigenvalue weighted by Gasteiger charge is 2.16. The number of nitrogens with zero attached hydrogens (tertiary/aromatic N) is 1. The van der Waals surface area contributed by atoms with Gasteiger partial charge < -0.3 is 10.2 Å². The molecule has 2 rings (SSSR count). The van der Waals surface area contributed by atoms with Gasteiger partial charge in [-0.25, -0.2) is 4.39 Å². The van der Waals surface area contributed by atoms with Crippen LogP contribution in [0.2, 0.25) is 5.02 Å². The van der Waals surface area contributed by atoms with E-state index >= 15 is 0 Å². The first kappa shape index (κ1) is 17.9. The van der Waals surface area contributed by atoms with Crippen molar-refractivity contribution in [3.8, 4) is 0 Å². The monoisotopic (exact) mass is 348 g/mol. The number of amides is 2. The van der Waals surface area contributed by atoms with Crippen LogP contribution in [-0.2, 0) is 16.1 Å². The fourth-order valence-electron chi connectivity index (χ4n) is 2.22. The molecule has 0 aliphatic heterocycles. The molecule has 0 heterocycles. The number of anilines is 1. The lowest BCUT2D eigenvalue weighted by atomic mass is 10.2. The van der Waals surface area contributed by atoms with Gasteiger partial charge in [-0.1, -0.05) is 35.9 Å². The largest absolute Gasteiger partial charge is 0.329 e. The van der Waals surface area contributed by atoms with Crippen LogP contribution in [-0.4, -0.2) is 23.3 Å². The molecule has 2 aromatic rings. The maximum Gasteiger partial charge on any atom is 0.244 e. The molecular formula is C18H18ClFN2O2. The molecule has 0 saturated heterocycles. The van der Waals surface area contributed by atoms with Crippen LogP contribution in [0.3, 0.4) is 0 Å². The summed E-state index contributed by atoms with van der Waals surface area (Å²) < 4.78 is 13.7. The average molecular weight is 349 g/mol. The lowest BCUT2D eigenvalue weighted by Gasteiger charge is -2.21. The van der Waals surface area contributed by atoms with Crippen molar-refractivity contribution >= 4 is 29.1 Å². The maximum atomic E-state index is 13.7. The molecule has 0 aliphatic carbocycles. The minimum atomic E-state index is -0.408. The van der Waals surface area contributed by atoms with Gasteiger partial charge in [0.2, 0.25) is 11.8 Å². The van der Waals surface area contributed by atoms with Crippen molar-refractivity contribution in [1.82, 2.24) is 4.90 Å². The first-order chi connectivity index (χ1) is 11.4. The van der Waals surface area contributed by atoms with Gasteiger partial charge in [-0.3, -0.25) is 9.59 Å². The van der Waals surface area contributed by atoms with Gasteiger partial charge in [-0.15, -0.1) is 0 Å². The minimum absolute atomic E-state index is 0.0317. The molecule has 0 bridgehead atoms. The van der Waals surface area contributed by atoms with Crippen molar-refractivity contribution in [2.24, 2.45) is 0 Å². The molecule has 0 aliphatic rings. The van der Waals surface area contributed by atoms with Crippen molar-refractivity contribution in [2.75, 3.05) is 11.9 Å². The summed E-state index contributed by atoms with van der Waals surface area (Å²) >= 11 is 6.02. The predicted octanol–water partition coefficient (Wildman–Crippen LogP) is 3.77. The van der Waals surface area contributed by atoms with E-state index in [1.54, 1.807) is 43.3 Å². The summed E-state index contributed by atoms with van der Waals surface area (Å²) in [7, 11) is 0. The van der Waals surface area contributed by atoms with Gasteiger partial charge >= 0.3 is 0 Å². The van der Waals surface area contributed by atoms with E-state index in [2.05, 4.69) is 5.32 Å². The van der Waals surface area contributed by atoms with Crippen molar-refractivity contribution in [3.05, 3.63) is 64.4 Å². The smallest absolute Gasteiger partial charge is 0.244 e. The fraction of sp³-hybridized carbons (Fsp3) is 0.222. The number of benzene rings is 2. The van der Waals surface area contributed by atoms with Crippen LogP contribution in [0.1, 0.15) is 18.1 Å². The van der Waals surface area contributed by atoms with Gasteiger partial charge in [0.05, 0.1) is 0 Å². The molecule has 2 aromatic carbocycles. The fourth-order valence-corrected chi connectivity index (χ4v) is 2.39. The first-order valence-corrected chi connectivity index (χ1v) is 7.80. The molecule has 0 unspecified atom stereocenters. The molecule has 24 heavy (non-hydrogen) atoms. The molecule has 0 spiro atoms. The second-order valence-electron chi connectivity index (χ2n) is 5.43. The Hall–Kier alpha value is -2.40. The van der Waals surface area contributed by atoms with Gasteiger partial charge in [0, 0.05) is 29.7 Å². The summed E-state index contributed by atoms with van der Waals surface area (Å²) in [5.41, 5.74) is 1.69. The third kappa shape index (κ3) is 4.55. The zero-order chi connectivity index (χ0) is 17.7. The second kappa shape index (κ2) is 7.93. The van der Waals surface area contributed by atoms with Gasteiger partial charge in [-0.2, -0.15) is 0 Å². The Morgan fingerprint density at radius 2 is 1.88 bits per heavy atom. The van der Waals surface area contributed by atoms with Gasteiger partial charge in [0.1, 0.15) is 12.4 Å². The summed E-state index contributed by atoms with van der Waals surface area (Å²) in [5.74, 6) is -1.09. The highest BCUT2D eigenvalue weighted by atomic mass is 35.5. The predicted molar refractivity (Wildman–Crippen MR) is 92.3 cm³/mol. The van der Waals surface area contributed by atoms with E-state index < -0.39 is 5.82 Å². The summed E-state index contributed by atoms with van der Waals surface area (Å²) in [6, 6.07) is 11.4. The minimum Gasteiger partial charge on any atom is -0.329 e. The first-order valence-electron chi connectivity index (χ1n) is 7.42. The number of carbonyl (C=O) groups is 2. The Balaban J connectivity index is 2.07. The van der Waals surface area contributed by atoms with E-state index in [0.717, 1.165) is 5.56 Å². The number of carbonyl (C=O) groups excluding carboxylic acids is 2. The van der Waals surface area contributed by atoms with Crippen molar-refractivity contribution in [2.45, 2.75) is 20.4 Å². The maximum absolute atomic E-state index is 13.7. The number of hydrogen-bond donors (Lipinski definition) is 1. The van der Waals surface area contributed by atoms with Crippen LogP contribution < -0.4 is 5.32 Å². The Morgan fingerprint density at radius 1 is 1.17 bits per heavy atom. The van der Waals surface area contributed by atoms with E-state index in [9.17, 15) is 14.0 Å². The number of nitrogens with one attached hydrogen (secondary N) is 1. The van der Waals surface area contributed by atoms with Crippen molar-refractivity contribution in [3.63, 3.8) is 0 Å². The zero-order valence-electron chi connectivity index (χ0n) is 13.5. The quantitative estimate of drug-likeness (QED) is 0.894.